The van der Waals surface area contributed by atoms with E-state index in [-0.39, 0.29) is 0 Å². The topological polar surface area (TPSA) is 22.6 Å². The minimum Gasteiger partial charge on any atom is -0.354 e. The van der Waals surface area contributed by atoms with Crippen LogP contribution in [0, 0.1) is 0 Å². The summed E-state index contributed by atoms with van der Waals surface area (Å²) in [7, 11) is 0. The highest BCUT2D eigenvalue weighted by atomic mass is 32.2. The van der Waals surface area contributed by atoms with Crippen molar-refractivity contribution in [2.24, 2.45) is 0 Å². The molecule has 0 radical (unpaired) electrons. The van der Waals surface area contributed by atoms with E-state index in [1.807, 2.05) is 24.2 Å². The minimum atomic E-state index is 1.07. The number of hydrogen-bond donors (Lipinski definition) is 0. The zero-order valence-electron chi connectivity index (χ0n) is 15.4. The molecule has 2 aromatic carbocycles. The normalized spacial score (nSPS) is 17.0. The Morgan fingerprint density at radius 1 is 0.852 bits per heavy atom. The fraction of sp³-hybridized carbons (Fsp3) is 0.318. The van der Waals surface area contributed by atoms with Gasteiger partial charge in [0.25, 0.3) is 0 Å². The lowest BCUT2D eigenvalue weighted by Crippen LogP contribution is -2.47. The molecule has 27 heavy (non-hydrogen) atoms. The number of anilines is 2. The average Bonchev–Trinajstić information content (AvgIpc) is 3.09. The van der Waals surface area contributed by atoms with Gasteiger partial charge in [0.2, 0.25) is 0 Å². The monoisotopic (exact) mass is 376 g/mol. The quantitative estimate of drug-likeness (QED) is 0.619. The molecule has 0 atom stereocenters. The molecule has 1 saturated heterocycles. The molecule has 0 N–H and O–H groups in total. The maximum Gasteiger partial charge on any atom is 0.128 e. The molecule has 3 heterocycles. The summed E-state index contributed by atoms with van der Waals surface area (Å²) in [4.78, 5) is 10.9. The SMILES string of the molecule is c1ccc(N2CCN(CCCN3Sc4cccc5cccc3c45)CC2)nc1. The second-order valence-corrected chi connectivity index (χ2v) is 8.26. The second-order valence-electron chi connectivity index (χ2n) is 7.19. The van der Waals surface area contributed by atoms with Gasteiger partial charge >= 0.3 is 0 Å². The lowest BCUT2D eigenvalue weighted by molar-refractivity contribution is 0.256. The van der Waals surface area contributed by atoms with Crippen molar-refractivity contribution in [1.29, 1.82) is 0 Å². The van der Waals surface area contributed by atoms with Crippen LogP contribution in [0.15, 0.2) is 65.7 Å². The van der Waals surface area contributed by atoms with Crippen molar-refractivity contribution in [2.75, 3.05) is 48.5 Å². The smallest absolute Gasteiger partial charge is 0.128 e. The molecular formula is C22H24N4S. The van der Waals surface area contributed by atoms with E-state index < -0.39 is 0 Å². The van der Waals surface area contributed by atoms with Gasteiger partial charge in [0, 0.05) is 49.2 Å². The van der Waals surface area contributed by atoms with E-state index in [1.54, 1.807) is 0 Å². The molecule has 0 aliphatic carbocycles. The molecule has 5 rings (SSSR count). The van der Waals surface area contributed by atoms with Crippen molar-refractivity contribution < 1.29 is 0 Å². The van der Waals surface area contributed by atoms with Gasteiger partial charge in [-0.3, -0.25) is 4.90 Å². The van der Waals surface area contributed by atoms with Crippen LogP contribution < -0.4 is 9.21 Å². The first kappa shape index (κ1) is 16.9. The Morgan fingerprint density at radius 3 is 2.52 bits per heavy atom. The number of rotatable bonds is 5. The number of piperazine rings is 1. The standard InChI is InChI=1S/C22H24N4S/c1-2-11-23-21(10-1)25-16-14-24(15-17-25)12-5-13-26-19-8-3-6-18-7-4-9-20(27-26)22(18)19/h1-4,6-11H,5,12-17H2. The third kappa shape index (κ3) is 3.37. The van der Waals surface area contributed by atoms with Gasteiger partial charge in [0.1, 0.15) is 5.82 Å². The molecule has 1 aromatic heterocycles. The van der Waals surface area contributed by atoms with Crippen LogP contribution in [-0.2, 0) is 0 Å². The highest BCUT2D eigenvalue weighted by Crippen LogP contribution is 2.45. The van der Waals surface area contributed by atoms with E-state index in [0.717, 1.165) is 38.5 Å². The predicted octanol–water partition coefficient (Wildman–Crippen LogP) is 4.27. The lowest BCUT2D eigenvalue weighted by Gasteiger charge is -2.35. The largest absolute Gasteiger partial charge is 0.354 e. The van der Waals surface area contributed by atoms with Gasteiger partial charge in [-0.25, -0.2) is 4.98 Å². The van der Waals surface area contributed by atoms with E-state index in [1.165, 1.54) is 34.3 Å². The number of benzene rings is 2. The summed E-state index contributed by atoms with van der Waals surface area (Å²) in [6.45, 7) is 6.65. The Labute approximate surface area is 164 Å². The molecule has 1 fully saturated rings. The second kappa shape index (κ2) is 7.41. The molecular weight excluding hydrogens is 352 g/mol. The molecule has 0 amide bonds. The summed E-state index contributed by atoms with van der Waals surface area (Å²) in [5, 5.41) is 2.78. The van der Waals surface area contributed by atoms with E-state index in [0.29, 0.717) is 0 Å². The molecule has 2 aliphatic heterocycles. The molecule has 4 nitrogen and oxygen atoms in total. The highest BCUT2D eigenvalue weighted by Gasteiger charge is 2.22. The number of hydrogen-bond acceptors (Lipinski definition) is 5. The summed E-state index contributed by atoms with van der Waals surface area (Å²) in [6.07, 6.45) is 3.08. The Balaban J connectivity index is 1.14. The zero-order chi connectivity index (χ0) is 18.1. The first-order valence-electron chi connectivity index (χ1n) is 9.74. The van der Waals surface area contributed by atoms with Gasteiger partial charge in [0.15, 0.2) is 0 Å². The van der Waals surface area contributed by atoms with Crippen LogP contribution in [0.5, 0.6) is 0 Å². The number of nitrogens with zero attached hydrogens (tertiary/aromatic N) is 4. The van der Waals surface area contributed by atoms with Crippen LogP contribution in [0.3, 0.4) is 0 Å². The Hall–Kier alpha value is -2.24. The van der Waals surface area contributed by atoms with Crippen LogP contribution in [0.1, 0.15) is 6.42 Å². The van der Waals surface area contributed by atoms with Crippen LogP contribution in [-0.4, -0.2) is 49.2 Å². The summed E-state index contributed by atoms with van der Waals surface area (Å²) >= 11 is 1.90. The highest BCUT2D eigenvalue weighted by molar-refractivity contribution is 8.01. The molecule has 0 unspecified atom stereocenters. The molecule has 138 valence electrons. The molecule has 0 spiro atoms. The zero-order valence-corrected chi connectivity index (χ0v) is 16.2. The first-order chi connectivity index (χ1) is 13.4. The maximum atomic E-state index is 4.48. The fourth-order valence-corrected chi connectivity index (χ4v) is 5.25. The van der Waals surface area contributed by atoms with Crippen molar-refractivity contribution in [3.8, 4) is 0 Å². The van der Waals surface area contributed by atoms with Crippen LogP contribution in [0.25, 0.3) is 10.8 Å². The lowest BCUT2D eigenvalue weighted by atomic mass is 10.1. The van der Waals surface area contributed by atoms with E-state index in [4.69, 9.17) is 0 Å². The van der Waals surface area contributed by atoms with Crippen LogP contribution in [0.4, 0.5) is 11.5 Å². The maximum absolute atomic E-state index is 4.48. The van der Waals surface area contributed by atoms with E-state index in [2.05, 4.69) is 67.6 Å². The van der Waals surface area contributed by atoms with Crippen molar-refractivity contribution in [3.63, 3.8) is 0 Å². The van der Waals surface area contributed by atoms with Gasteiger partial charge in [0.05, 0.1) is 5.69 Å². The van der Waals surface area contributed by atoms with Crippen molar-refractivity contribution in [3.05, 3.63) is 60.8 Å². The minimum absolute atomic E-state index is 1.07. The predicted molar refractivity (Wildman–Crippen MR) is 115 cm³/mol. The third-order valence-electron chi connectivity index (χ3n) is 5.50. The Morgan fingerprint density at radius 2 is 1.70 bits per heavy atom. The molecule has 0 bridgehead atoms. The molecule has 3 aromatic rings. The number of pyridine rings is 1. The van der Waals surface area contributed by atoms with Crippen molar-refractivity contribution >= 4 is 34.2 Å². The molecule has 5 heteroatoms. The van der Waals surface area contributed by atoms with Gasteiger partial charge in [-0.05, 0) is 54.6 Å². The number of aromatic nitrogens is 1. The van der Waals surface area contributed by atoms with Gasteiger partial charge < -0.3 is 9.21 Å². The van der Waals surface area contributed by atoms with Gasteiger partial charge in [-0.1, -0.05) is 30.3 Å². The fourth-order valence-electron chi connectivity index (χ4n) is 4.08. The first-order valence-corrected chi connectivity index (χ1v) is 10.5. The van der Waals surface area contributed by atoms with E-state index >= 15 is 0 Å². The third-order valence-corrected chi connectivity index (χ3v) is 6.64. The Kier molecular flexibility index (Phi) is 4.64. The summed E-state index contributed by atoms with van der Waals surface area (Å²) in [6, 6.07) is 19.4. The Bertz CT molecular complexity index is 917. The van der Waals surface area contributed by atoms with Crippen molar-refractivity contribution in [2.45, 2.75) is 11.3 Å². The van der Waals surface area contributed by atoms with Gasteiger partial charge in [-0.2, -0.15) is 0 Å². The molecule has 0 saturated carbocycles. The summed E-state index contributed by atoms with van der Waals surface area (Å²) < 4.78 is 2.47. The van der Waals surface area contributed by atoms with Crippen molar-refractivity contribution in [1.82, 2.24) is 9.88 Å². The molecule has 2 aliphatic rings. The van der Waals surface area contributed by atoms with Crippen LogP contribution >= 0.6 is 11.9 Å². The summed E-state index contributed by atoms with van der Waals surface area (Å²) in [5.41, 5.74) is 1.38. The summed E-state index contributed by atoms with van der Waals surface area (Å²) in [5.74, 6) is 1.11. The van der Waals surface area contributed by atoms with E-state index in [9.17, 15) is 0 Å². The van der Waals surface area contributed by atoms with Crippen LogP contribution in [0.2, 0.25) is 0 Å². The van der Waals surface area contributed by atoms with Gasteiger partial charge in [-0.15, -0.1) is 0 Å². The average molecular weight is 377 g/mol.